The molecule has 0 saturated carbocycles. The van der Waals surface area contributed by atoms with Gasteiger partial charge in [-0.2, -0.15) is 0 Å². The summed E-state index contributed by atoms with van der Waals surface area (Å²) in [6.45, 7) is 0.786. The van der Waals surface area contributed by atoms with E-state index in [1.807, 2.05) is 30.3 Å². The van der Waals surface area contributed by atoms with E-state index in [0.717, 1.165) is 5.56 Å². The molecule has 6 nitrogen and oxygen atoms in total. The van der Waals surface area contributed by atoms with E-state index in [4.69, 9.17) is 14.2 Å². The summed E-state index contributed by atoms with van der Waals surface area (Å²) in [4.78, 5) is 10.9. The molecular weight excluding hydrogens is 329 g/mol. The second-order valence-corrected chi connectivity index (χ2v) is 5.06. The van der Waals surface area contributed by atoms with Crippen molar-refractivity contribution >= 4 is 5.69 Å². The quantitative estimate of drug-likeness (QED) is 0.352. The van der Waals surface area contributed by atoms with Crippen molar-refractivity contribution in [3.63, 3.8) is 0 Å². The number of hydrogen-bond acceptors (Lipinski definition) is 5. The van der Waals surface area contributed by atoms with Crippen LogP contribution < -0.4 is 4.74 Å². The second kappa shape index (κ2) is 10.4. The van der Waals surface area contributed by atoms with Crippen LogP contribution in [0.2, 0.25) is 0 Å². The zero-order valence-electron chi connectivity index (χ0n) is 13.7. The molecule has 2 rings (SSSR count). The van der Waals surface area contributed by atoms with Crippen LogP contribution >= 0.6 is 0 Å². The van der Waals surface area contributed by atoms with E-state index in [1.54, 1.807) is 12.1 Å². The molecule has 2 aromatic rings. The molecule has 0 heterocycles. The van der Waals surface area contributed by atoms with Crippen molar-refractivity contribution in [1.29, 1.82) is 0 Å². The third-order valence-corrected chi connectivity index (χ3v) is 3.34. The number of alkyl halides is 1. The Kier molecular flexibility index (Phi) is 7.81. The van der Waals surface area contributed by atoms with Gasteiger partial charge in [-0.05, 0) is 17.7 Å². The molecule has 7 heteroatoms. The first-order valence-electron chi connectivity index (χ1n) is 7.90. The lowest BCUT2D eigenvalue weighted by Crippen LogP contribution is -2.11. The molecular formula is C18H20FNO5. The van der Waals surface area contributed by atoms with Gasteiger partial charge in [-0.3, -0.25) is 10.1 Å². The van der Waals surface area contributed by atoms with E-state index >= 15 is 0 Å². The minimum Gasteiger partial charge on any atom is -0.491 e. The summed E-state index contributed by atoms with van der Waals surface area (Å²) in [7, 11) is 0. The Hall–Kier alpha value is -2.51. The minimum atomic E-state index is -0.513. The average Bonchev–Trinajstić information content (AvgIpc) is 2.64. The van der Waals surface area contributed by atoms with E-state index in [2.05, 4.69) is 0 Å². The van der Waals surface area contributed by atoms with Crippen molar-refractivity contribution in [1.82, 2.24) is 0 Å². The number of nitrogens with zero attached hydrogens (tertiary/aromatic N) is 1. The second-order valence-electron chi connectivity index (χ2n) is 5.06. The number of rotatable bonds is 11. The van der Waals surface area contributed by atoms with Gasteiger partial charge in [0.2, 0.25) is 0 Å². The Morgan fingerprint density at radius 1 is 0.920 bits per heavy atom. The molecule has 0 radical (unpaired) electrons. The van der Waals surface area contributed by atoms with Gasteiger partial charge in [-0.15, -0.1) is 0 Å². The van der Waals surface area contributed by atoms with Gasteiger partial charge in [-0.25, -0.2) is 4.39 Å². The van der Waals surface area contributed by atoms with Crippen molar-refractivity contribution in [3.05, 3.63) is 58.6 Å². The van der Waals surface area contributed by atoms with Crippen LogP contribution in [0.5, 0.6) is 5.75 Å². The van der Waals surface area contributed by atoms with E-state index in [9.17, 15) is 14.5 Å². The average molecular weight is 349 g/mol. The summed E-state index contributed by atoms with van der Waals surface area (Å²) in [5.41, 5.74) is 1.31. The zero-order chi connectivity index (χ0) is 17.9. The summed E-state index contributed by atoms with van der Waals surface area (Å²) >= 11 is 0. The van der Waals surface area contributed by atoms with Gasteiger partial charge in [0.05, 0.1) is 43.0 Å². The summed E-state index contributed by atoms with van der Waals surface area (Å²) in [6, 6.07) is 13.9. The molecule has 0 spiro atoms. The summed E-state index contributed by atoms with van der Waals surface area (Å²) in [5.74, 6) is 0.406. The molecule has 2 aromatic carbocycles. The maximum Gasteiger partial charge on any atom is 0.280 e. The van der Waals surface area contributed by atoms with E-state index in [1.165, 1.54) is 6.07 Å². The summed E-state index contributed by atoms with van der Waals surface area (Å²) in [6.07, 6.45) is 0. The van der Waals surface area contributed by atoms with Gasteiger partial charge in [0, 0.05) is 0 Å². The number of hydrogen-bond donors (Lipinski definition) is 0. The van der Waals surface area contributed by atoms with Crippen LogP contribution in [0.3, 0.4) is 0 Å². The third-order valence-electron chi connectivity index (χ3n) is 3.34. The largest absolute Gasteiger partial charge is 0.491 e. The van der Waals surface area contributed by atoms with Gasteiger partial charge in [0.15, 0.2) is 0 Å². The van der Waals surface area contributed by atoms with Crippen molar-refractivity contribution in [2.24, 2.45) is 0 Å². The van der Waals surface area contributed by atoms with Gasteiger partial charge < -0.3 is 14.2 Å². The van der Waals surface area contributed by atoms with Crippen LogP contribution in [0.25, 0.3) is 11.1 Å². The van der Waals surface area contributed by atoms with Gasteiger partial charge in [-0.1, -0.05) is 30.3 Å². The van der Waals surface area contributed by atoms with Gasteiger partial charge >= 0.3 is 0 Å². The summed E-state index contributed by atoms with van der Waals surface area (Å²) < 4.78 is 27.5. The Bertz CT molecular complexity index is 666. The molecule has 25 heavy (non-hydrogen) atoms. The van der Waals surface area contributed by atoms with Crippen LogP contribution in [0, 0.1) is 10.1 Å². The zero-order valence-corrected chi connectivity index (χ0v) is 13.7. The molecule has 134 valence electrons. The Morgan fingerprint density at radius 3 is 2.28 bits per heavy atom. The Morgan fingerprint density at radius 2 is 1.60 bits per heavy atom. The van der Waals surface area contributed by atoms with Crippen molar-refractivity contribution < 1.29 is 23.5 Å². The normalized spacial score (nSPS) is 10.6. The fourth-order valence-corrected chi connectivity index (χ4v) is 2.21. The standard InChI is InChI=1S/C18H20FNO5/c19-8-9-23-10-11-24-12-13-25-16-6-7-17(18(14-16)20(21)22)15-4-2-1-3-5-15/h1-7,14H,8-13H2. The first kappa shape index (κ1) is 18.8. The van der Waals surface area contributed by atoms with Crippen LogP contribution in [-0.4, -0.2) is 44.6 Å². The predicted molar refractivity (Wildman–Crippen MR) is 91.6 cm³/mol. The third kappa shape index (κ3) is 6.13. The van der Waals surface area contributed by atoms with Crippen molar-refractivity contribution in [2.75, 3.05) is 39.7 Å². The highest BCUT2D eigenvalue weighted by molar-refractivity contribution is 5.74. The lowest BCUT2D eigenvalue weighted by atomic mass is 10.0. The Balaban J connectivity index is 1.88. The SMILES string of the molecule is O=[N+]([O-])c1cc(OCCOCCOCCF)ccc1-c1ccccc1. The van der Waals surface area contributed by atoms with Crippen LogP contribution in [0.1, 0.15) is 0 Å². The van der Waals surface area contributed by atoms with Gasteiger partial charge in [0.25, 0.3) is 5.69 Å². The molecule has 0 aliphatic rings. The van der Waals surface area contributed by atoms with Crippen LogP contribution in [0.15, 0.2) is 48.5 Å². The smallest absolute Gasteiger partial charge is 0.280 e. The van der Waals surface area contributed by atoms with Crippen LogP contribution in [0.4, 0.5) is 10.1 Å². The number of nitro benzene ring substituents is 1. The number of halogens is 1. The highest BCUT2D eigenvalue weighted by Gasteiger charge is 2.16. The predicted octanol–water partition coefficient (Wildman–Crippen LogP) is 3.64. The fraction of sp³-hybridized carbons (Fsp3) is 0.333. The fourth-order valence-electron chi connectivity index (χ4n) is 2.21. The summed E-state index contributed by atoms with van der Waals surface area (Å²) in [5, 5.41) is 11.3. The molecule has 0 aromatic heterocycles. The monoisotopic (exact) mass is 349 g/mol. The highest BCUT2D eigenvalue weighted by Crippen LogP contribution is 2.32. The molecule has 0 saturated heterocycles. The van der Waals surface area contributed by atoms with Crippen molar-refractivity contribution in [3.8, 4) is 16.9 Å². The van der Waals surface area contributed by atoms with Crippen LogP contribution in [-0.2, 0) is 9.47 Å². The van der Waals surface area contributed by atoms with E-state index in [-0.39, 0.29) is 18.9 Å². The minimum absolute atomic E-state index is 0.00996. The molecule has 0 atom stereocenters. The molecule has 0 aliphatic carbocycles. The number of benzene rings is 2. The van der Waals surface area contributed by atoms with E-state index < -0.39 is 11.6 Å². The first-order chi connectivity index (χ1) is 12.2. The first-order valence-corrected chi connectivity index (χ1v) is 7.90. The maximum atomic E-state index is 11.8. The van der Waals surface area contributed by atoms with Gasteiger partial charge in [0.1, 0.15) is 19.0 Å². The maximum absolute atomic E-state index is 11.8. The topological polar surface area (TPSA) is 70.8 Å². The number of ether oxygens (including phenoxy) is 3. The Labute approximate surface area is 145 Å². The van der Waals surface area contributed by atoms with E-state index in [0.29, 0.717) is 31.1 Å². The molecule has 0 fully saturated rings. The molecule has 0 bridgehead atoms. The number of nitro groups is 1. The highest BCUT2D eigenvalue weighted by atomic mass is 19.1. The molecule has 0 aliphatic heterocycles. The lowest BCUT2D eigenvalue weighted by Gasteiger charge is -2.09. The molecule has 0 amide bonds. The molecule has 0 unspecified atom stereocenters. The molecule has 0 N–H and O–H groups in total. The van der Waals surface area contributed by atoms with Crippen molar-refractivity contribution in [2.45, 2.75) is 0 Å². The lowest BCUT2D eigenvalue weighted by molar-refractivity contribution is -0.384.